The highest BCUT2D eigenvalue weighted by Crippen LogP contribution is 2.28. The van der Waals surface area contributed by atoms with E-state index in [9.17, 15) is 9.18 Å². The number of nitrogens with zero attached hydrogens (tertiary/aromatic N) is 3. The maximum absolute atomic E-state index is 13.0. The topological polar surface area (TPSA) is 47.8 Å². The zero-order valence-corrected chi connectivity index (χ0v) is 12.0. The molecule has 21 heavy (non-hydrogen) atoms. The second-order valence-corrected chi connectivity index (χ2v) is 6.10. The van der Waals surface area contributed by atoms with Crippen LogP contribution < -0.4 is 5.56 Å². The van der Waals surface area contributed by atoms with Crippen molar-refractivity contribution in [1.29, 1.82) is 0 Å². The number of benzene rings is 1. The van der Waals surface area contributed by atoms with Gasteiger partial charge in [-0.15, -0.1) is 0 Å². The van der Waals surface area contributed by atoms with Crippen molar-refractivity contribution in [2.45, 2.75) is 25.8 Å². The average molecular weight is 301 g/mol. The van der Waals surface area contributed by atoms with Gasteiger partial charge in [-0.05, 0) is 37.1 Å². The van der Waals surface area contributed by atoms with Crippen LogP contribution in [0.15, 0.2) is 29.1 Å². The van der Waals surface area contributed by atoms with Gasteiger partial charge in [0.05, 0.1) is 0 Å². The fourth-order valence-corrected chi connectivity index (χ4v) is 3.59. The van der Waals surface area contributed by atoms with Crippen molar-refractivity contribution in [3.05, 3.63) is 46.3 Å². The molecule has 6 heteroatoms. The number of hydrogen-bond acceptors (Lipinski definition) is 4. The lowest BCUT2D eigenvalue weighted by Gasteiger charge is -2.16. The molecule has 1 aromatic carbocycles. The molecule has 4 rings (SSSR count). The third kappa shape index (κ3) is 2.06. The lowest BCUT2D eigenvalue weighted by atomic mass is 10.1. The number of hydrogen-bond donors (Lipinski definition) is 0. The molecule has 0 saturated carbocycles. The van der Waals surface area contributed by atoms with Crippen LogP contribution in [0.2, 0.25) is 0 Å². The monoisotopic (exact) mass is 301 g/mol. The maximum atomic E-state index is 13.0. The van der Waals surface area contributed by atoms with Gasteiger partial charge in [0.2, 0.25) is 0 Å². The van der Waals surface area contributed by atoms with E-state index in [1.54, 1.807) is 16.7 Å². The van der Waals surface area contributed by atoms with Gasteiger partial charge in [-0.25, -0.2) is 14.4 Å². The second kappa shape index (κ2) is 4.73. The molecule has 0 radical (unpaired) electrons. The Bertz CT molecular complexity index is 882. The fourth-order valence-electron chi connectivity index (χ4n) is 2.64. The normalized spacial score (nSPS) is 14.3. The van der Waals surface area contributed by atoms with Gasteiger partial charge in [-0.3, -0.25) is 9.36 Å². The Morgan fingerprint density at radius 2 is 1.95 bits per heavy atom. The number of aromatic nitrogens is 3. The lowest BCUT2D eigenvalue weighted by Crippen LogP contribution is -2.28. The molecule has 0 bridgehead atoms. The molecular formula is C15H12FN3OS. The summed E-state index contributed by atoms with van der Waals surface area (Å²) < 4.78 is 14.7. The van der Waals surface area contributed by atoms with E-state index in [2.05, 4.69) is 9.97 Å². The van der Waals surface area contributed by atoms with Crippen LogP contribution in [-0.4, -0.2) is 14.5 Å². The van der Waals surface area contributed by atoms with Crippen molar-refractivity contribution in [2.24, 2.45) is 0 Å². The number of halogens is 1. The van der Waals surface area contributed by atoms with Crippen molar-refractivity contribution in [3.63, 3.8) is 0 Å². The van der Waals surface area contributed by atoms with E-state index in [0.717, 1.165) is 37.2 Å². The van der Waals surface area contributed by atoms with E-state index in [4.69, 9.17) is 0 Å². The van der Waals surface area contributed by atoms with Crippen molar-refractivity contribution in [2.75, 3.05) is 0 Å². The molecule has 3 heterocycles. The van der Waals surface area contributed by atoms with E-state index < -0.39 is 0 Å². The van der Waals surface area contributed by atoms with Crippen LogP contribution in [0.4, 0.5) is 4.39 Å². The molecule has 0 saturated heterocycles. The van der Waals surface area contributed by atoms with E-state index in [-0.39, 0.29) is 11.4 Å². The summed E-state index contributed by atoms with van der Waals surface area (Å²) in [7, 11) is 0. The van der Waals surface area contributed by atoms with Gasteiger partial charge in [0, 0.05) is 18.5 Å². The molecule has 0 N–H and O–H groups in total. The lowest BCUT2D eigenvalue weighted by molar-refractivity contribution is 0.501. The number of fused-ring (bicyclic) bond motifs is 2. The van der Waals surface area contributed by atoms with Crippen LogP contribution in [0, 0.1) is 5.82 Å². The molecule has 2 aromatic heterocycles. The second-order valence-electron chi connectivity index (χ2n) is 5.12. The number of rotatable bonds is 1. The molecule has 0 unspecified atom stereocenters. The third-order valence-corrected chi connectivity index (χ3v) is 4.72. The summed E-state index contributed by atoms with van der Waals surface area (Å²) in [6.45, 7) is 0.723. The molecule has 0 atom stereocenters. The molecule has 0 fully saturated rings. The highest BCUT2D eigenvalue weighted by molar-refractivity contribution is 7.21. The number of thiazole rings is 1. The van der Waals surface area contributed by atoms with Gasteiger partial charge in [-0.2, -0.15) is 0 Å². The van der Waals surface area contributed by atoms with Crippen molar-refractivity contribution in [1.82, 2.24) is 14.5 Å². The fraction of sp³-hybridized carbons (Fsp3) is 0.267. The Balaban J connectivity index is 1.92. The summed E-state index contributed by atoms with van der Waals surface area (Å²) in [5, 5.41) is 0.706. The molecular weight excluding hydrogens is 289 g/mol. The SMILES string of the molecule is O=c1c2nc(-c3ccc(F)cc3)sc2nc2n1CCCC2. The highest BCUT2D eigenvalue weighted by atomic mass is 32.1. The van der Waals surface area contributed by atoms with Crippen LogP contribution >= 0.6 is 11.3 Å². The van der Waals surface area contributed by atoms with Gasteiger partial charge in [0.25, 0.3) is 5.56 Å². The molecule has 0 spiro atoms. The van der Waals surface area contributed by atoms with Crippen LogP contribution in [0.5, 0.6) is 0 Å². The molecule has 1 aliphatic rings. The Labute approximate surface area is 123 Å². The molecule has 1 aliphatic heterocycles. The van der Waals surface area contributed by atoms with Crippen molar-refractivity contribution < 1.29 is 4.39 Å². The van der Waals surface area contributed by atoms with Gasteiger partial charge in [-0.1, -0.05) is 11.3 Å². The van der Waals surface area contributed by atoms with Crippen LogP contribution in [-0.2, 0) is 13.0 Å². The largest absolute Gasteiger partial charge is 0.295 e. The van der Waals surface area contributed by atoms with Gasteiger partial charge in [0.15, 0.2) is 10.3 Å². The molecule has 0 aliphatic carbocycles. The van der Waals surface area contributed by atoms with Gasteiger partial charge < -0.3 is 0 Å². The standard InChI is InChI=1S/C15H12FN3OS/c16-10-6-4-9(5-7-10)13-18-12-14(21-13)17-11-3-1-2-8-19(11)15(12)20/h4-7H,1-3,8H2. The van der Waals surface area contributed by atoms with Crippen LogP contribution in [0.3, 0.4) is 0 Å². The predicted octanol–water partition coefficient (Wildman–Crippen LogP) is 3.00. The van der Waals surface area contributed by atoms with Crippen LogP contribution in [0.1, 0.15) is 18.7 Å². The summed E-state index contributed by atoms with van der Waals surface area (Å²) in [4.78, 5) is 22.2. The zero-order chi connectivity index (χ0) is 14.4. The minimum absolute atomic E-state index is 0.0562. The third-order valence-electron chi connectivity index (χ3n) is 3.72. The van der Waals surface area contributed by atoms with E-state index >= 15 is 0 Å². The summed E-state index contributed by atoms with van der Waals surface area (Å²) >= 11 is 1.39. The van der Waals surface area contributed by atoms with Crippen molar-refractivity contribution in [3.8, 4) is 10.6 Å². The molecule has 4 nitrogen and oxygen atoms in total. The molecule has 106 valence electrons. The first-order valence-corrected chi connectivity index (χ1v) is 7.70. The van der Waals surface area contributed by atoms with Gasteiger partial charge >= 0.3 is 0 Å². The first kappa shape index (κ1) is 12.6. The van der Waals surface area contributed by atoms with E-state index in [1.165, 1.54) is 23.5 Å². The Morgan fingerprint density at radius 3 is 2.76 bits per heavy atom. The quantitative estimate of drug-likeness (QED) is 0.694. The Kier molecular flexibility index (Phi) is 2.85. The number of aryl methyl sites for hydroxylation is 1. The predicted molar refractivity (Wildman–Crippen MR) is 80.0 cm³/mol. The Morgan fingerprint density at radius 1 is 1.14 bits per heavy atom. The summed E-state index contributed by atoms with van der Waals surface area (Å²) in [6.07, 6.45) is 2.92. The minimum atomic E-state index is -0.284. The first-order valence-electron chi connectivity index (χ1n) is 6.88. The minimum Gasteiger partial charge on any atom is -0.295 e. The van der Waals surface area contributed by atoms with Gasteiger partial charge in [0.1, 0.15) is 16.6 Å². The average Bonchev–Trinajstić information content (AvgIpc) is 2.92. The van der Waals surface area contributed by atoms with Crippen molar-refractivity contribution >= 4 is 21.7 Å². The summed E-state index contributed by atoms with van der Waals surface area (Å²) in [5.41, 5.74) is 1.17. The first-order chi connectivity index (χ1) is 10.2. The molecule has 0 amide bonds. The zero-order valence-electron chi connectivity index (χ0n) is 11.2. The summed E-state index contributed by atoms with van der Waals surface area (Å²) in [5.74, 6) is 0.571. The maximum Gasteiger partial charge on any atom is 0.280 e. The summed E-state index contributed by atoms with van der Waals surface area (Å²) in [6, 6.07) is 6.13. The Hall–Kier alpha value is -2.08. The molecule has 3 aromatic rings. The smallest absolute Gasteiger partial charge is 0.280 e. The highest BCUT2D eigenvalue weighted by Gasteiger charge is 2.18. The van der Waals surface area contributed by atoms with Crippen LogP contribution in [0.25, 0.3) is 20.9 Å². The van der Waals surface area contributed by atoms with E-state index in [0.29, 0.717) is 15.4 Å². The van der Waals surface area contributed by atoms with E-state index in [1.807, 2.05) is 0 Å².